The molecule has 3 rings (SSSR count). The van der Waals surface area contributed by atoms with Crippen molar-refractivity contribution in [3.8, 4) is 10.4 Å². The molecule has 0 radical (unpaired) electrons. The van der Waals surface area contributed by atoms with Crippen LogP contribution in [-0.2, 0) is 11.3 Å². The Bertz CT molecular complexity index is 571. The summed E-state index contributed by atoms with van der Waals surface area (Å²) in [6.45, 7) is 3.52. The van der Waals surface area contributed by atoms with Crippen LogP contribution in [0.2, 0.25) is 0 Å². The lowest BCUT2D eigenvalue weighted by Crippen LogP contribution is -2.30. The molecule has 0 saturated carbocycles. The predicted molar refractivity (Wildman–Crippen MR) is 89.8 cm³/mol. The molecule has 1 saturated heterocycles. The molecule has 0 unspecified atom stereocenters. The van der Waals surface area contributed by atoms with E-state index in [0.29, 0.717) is 12.3 Å². The first-order chi connectivity index (χ1) is 10.3. The molecule has 21 heavy (non-hydrogen) atoms. The topological polar surface area (TPSA) is 32.3 Å². The van der Waals surface area contributed by atoms with Gasteiger partial charge in [0.25, 0.3) is 0 Å². The molecular weight excluding hydrogens is 300 g/mol. The zero-order valence-electron chi connectivity index (χ0n) is 12.0. The largest absolute Gasteiger partial charge is 0.343 e. The van der Waals surface area contributed by atoms with E-state index in [1.165, 1.54) is 28.2 Å². The molecule has 0 aliphatic carbocycles. The highest BCUT2D eigenvalue weighted by Crippen LogP contribution is 2.29. The molecule has 1 amide bonds. The Labute approximate surface area is 133 Å². The molecule has 1 fully saturated rings. The Hall–Kier alpha value is -1.17. The van der Waals surface area contributed by atoms with Crippen LogP contribution in [0, 0.1) is 0 Å². The van der Waals surface area contributed by atoms with Crippen molar-refractivity contribution in [1.29, 1.82) is 0 Å². The number of thiophene rings is 2. The number of carbonyl (C=O) groups is 1. The van der Waals surface area contributed by atoms with E-state index in [9.17, 15) is 4.79 Å². The van der Waals surface area contributed by atoms with Gasteiger partial charge in [0, 0.05) is 47.9 Å². The normalized spacial score (nSPS) is 14.8. The van der Waals surface area contributed by atoms with Crippen LogP contribution in [0.15, 0.2) is 29.0 Å². The van der Waals surface area contributed by atoms with Crippen LogP contribution in [0.25, 0.3) is 10.4 Å². The van der Waals surface area contributed by atoms with Crippen LogP contribution in [-0.4, -0.2) is 30.4 Å². The molecular formula is C16H20N2OS2. The fourth-order valence-electron chi connectivity index (χ4n) is 2.58. The molecule has 0 atom stereocenters. The monoisotopic (exact) mass is 320 g/mol. The number of nitrogens with zero attached hydrogens (tertiary/aromatic N) is 1. The fourth-order valence-corrected chi connectivity index (χ4v) is 4.22. The van der Waals surface area contributed by atoms with E-state index in [1.54, 1.807) is 22.7 Å². The summed E-state index contributed by atoms with van der Waals surface area (Å²) in [5.41, 5.74) is 1.31. The van der Waals surface area contributed by atoms with Gasteiger partial charge in [-0.2, -0.15) is 0 Å². The number of amides is 1. The van der Waals surface area contributed by atoms with Gasteiger partial charge < -0.3 is 10.2 Å². The lowest BCUT2D eigenvalue weighted by molar-refractivity contribution is -0.130. The number of rotatable bonds is 6. The SMILES string of the molecule is O=C(CCNCc1cc(-c2cccs2)cs1)N1CCCC1. The summed E-state index contributed by atoms with van der Waals surface area (Å²) in [4.78, 5) is 16.5. The van der Waals surface area contributed by atoms with E-state index in [0.717, 1.165) is 26.2 Å². The molecule has 5 heteroatoms. The van der Waals surface area contributed by atoms with E-state index in [-0.39, 0.29) is 0 Å². The van der Waals surface area contributed by atoms with Gasteiger partial charge >= 0.3 is 0 Å². The molecule has 112 valence electrons. The highest BCUT2D eigenvalue weighted by Gasteiger charge is 2.16. The van der Waals surface area contributed by atoms with E-state index in [2.05, 4.69) is 34.3 Å². The van der Waals surface area contributed by atoms with Gasteiger partial charge in [0.2, 0.25) is 5.91 Å². The minimum absolute atomic E-state index is 0.297. The van der Waals surface area contributed by atoms with Gasteiger partial charge in [-0.25, -0.2) is 0 Å². The van der Waals surface area contributed by atoms with Gasteiger partial charge in [-0.1, -0.05) is 6.07 Å². The van der Waals surface area contributed by atoms with Crippen molar-refractivity contribution in [2.75, 3.05) is 19.6 Å². The summed E-state index contributed by atoms with van der Waals surface area (Å²) in [5, 5.41) is 7.69. The third-order valence-electron chi connectivity index (χ3n) is 3.73. The number of hydrogen-bond donors (Lipinski definition) is 1. The van der Waals surface area contributed by atoms with Crippen molar-refractivity contribution in [2.45, 2.75) is 25.8 Å². The number of carbonyl (C=O) groups excluding carboxylic acids is 1. The van der Waals surface area contributed by atoms with E-state index in [1.807, 2.05) is 4.90 Å². The highest BCUT2D eigenvalue weighted by atomic mass is 32.1. The molecule has 2 aromatic heterocycles. The second-order valence-electron chi connectivity index (χ2n) is 5.29. The molecule has 0 aromatic carbocycles. The van der Waals surface area contributed by atoms with Crippen LogP contribution in [0.3, 0.4) is 0 Å². The molecule has 0 spiro atoms. The molecule has 3 heterocycles. The minimum atomic E-state index is 0.297. The average molecular weight is 320 g/mol. The average Bonchev–Trinajstić information content (AvgIpc) is 3.25. The maximum absolute atomic E-state index is 11.9. The first-order valence-corrected chi connectivity index (χ1v) is 9.18. The standard InChI is InChI=1S/C16H20N2OS2/c19-16(18-7-1-2-8-18)5-6-17-11-14-10-13(12-21-14)15-4-3-9-20-15/h3-4,9-10,12,17H,1-2,5-8,11H2. The van der Waals surface area contributed by atoms with Crippen molar-refractivity contribution in [3.05, 3.63) is 33.8 Å². The van der Waals surface area contributed by atoms with Gasteiger partial charge in [-0.05, 0) is 35.7 Å². The van der Waals surface area contributed by atoms with Gasteiger partial charge in [0.15, 0.2) is 0 Å². The third kappa shape index (κ3) is 3.93. The molecule has 0 bridgehead atoms. The van der Waals surface area contributed by atoms with Crippen LogP contribution >= 0.6 is 22.7 Å². The second-order valence-corrected chi connectivity index (χ2v) is 7.24. The second kappa shape index (κ2) is 7.20. The zero-order chi connectivity index (χ0) is 14.5. The van der Waals surface area contributed by atoms with Crippen molar-refractivity contribution in [3.63, 3.8) is 0 Å². The maximum atomic E-state index is 11.9. The van der Waals surface area contributed by atoms with Crippen molar-refractivity contribution in [1.82, 2.24) is 10.2 Å². The Balaban J connectivity index is 1.40. The Morgan fingerprint density at radius 2 is 2.14 bits per heavy atom. The number of nitrogens with one attached hydrogen (secondary N) is 1. The van der Waals surface area contributed by atoms with Crippen molar-refractivity contribution < 1.29 is 4.79 Å². The molecule has 1 aliphatic rings. The quantitative estimate of drug-likeness (QED) is 0.825. The van der Waals surface area contributed by atoms with Crippen LogP contribution in [0.4, 0.5) is 0 Å². The lowest BCUT2D eigenvalue weighted by atomic mass is 10.2. The lowest BCUT2D eigenvalue weighted by Gasteiger charge is -2.14. The van der Waals surface area contributed by atoms with Gasteiger partial charge in [0.05, 0.1) is 0 Å². The summed E-state index contributed by atoms with van der Waals surface area (Å²) in [5.74, 6) is 0.297. The molecule has 3 nitrogen and oxygen atoms in total. The first-order valence-electron chi connectivity index (χ1n) is 7.43. The summed E-state index contributed by atoms with van der Waals surface area (Å²) in [6.07, 6.45) is 2.95. The predicted octanol–water partition coefficient (Wildman–Crippen LogP) is 3.58. The molecule has 2 aromatic rings. The summed E-state index contributed by atoms with van der Waals surface area (Å²) < 4.78 is 0. The third-order valence-corrected chi connectivity index (χ3v) is 5.59. The number of likely N-dealkylation sites (tertiary alicyclic amines) is 1. The van der Waals surface area contributed by atoms with Gasteiger partial charge in [0.1, 0.15) is 0 Å². The zero-order valence-corrected chi connectivity index (χ0v) is 13.6. The highest BCUT2D eigenvalue weighted by molar-refractivity contribution is 7.14. The first kappa shape index (κ1) is 14.8. The van der Waals surface area contributed by atoms with E-state index >= 15 is 0 Å². The Kier molecular flexibility index (Phi) is 5.06. The summed E-state index contributed by atoms with van der Waals surface area (Å²) >= 11 is 3.55. The molecule has 1 N–H and O–H groups in total. The summed E-state index contributed by atoms with van der Waals surface area (Å²) in [7, 11) is 0. The van der Waals surface area contributed by atoms with Gasteiger partial charge in [-0.3, -0.25) is 4.79 Å². The van der Waals surface area contributed by atoms with Crippen LogP contribution < -0.4 is 5.32 Å². The van der Waals surface area contributed by atoms with Crippen molar-refractivity contribution in [2.24, 2.45) is 0 Å². The Morgan fingerprint density at radius 1 is 1.29 bits per heavy atom. The van der Waals surface area contributed by atoms with E-state index in [4.69, 9.17) is 0 Å². The smallest absolute Gasteiger partial charge is 0.223 e. The Morgan fingerprint density at radius 3 is 2.90 bits per heavy atom. The van der Waals surface area contributed by atoms with E-state index < -0.39 is 0 Å². The number of hydrogen-bond acceptors (Lipinski definition) is 4. The molecule has 1 aliphatic heterocycles. The van der Waals surface area contributed by atoms with Crippen LogP contribution in [0.5, 0.6) is 0 Å². The van der Waals surface area contributed by atoms with Gasteiger partial charge in [-0.15, -0.1) is 22.7 Å². The summed E-state index contributed by atoms with van der Waals surface area (Å²) in [6, 6.07) is 6.48. The maximum Gasteiger partial charge on any atom is 0.223 e. The van der Waals surface area contributed by atoms with Crippen molar-refractivity contribution >= 4 is 28.6 Å². The van der Waals surface area contributed by atoms with Crippen LogP contribution in [0.1, 0.15) is 24.1 Å². The fraction of sp³-hybridized carbons (Fsp3) is 0.438. The minimum Gasteiger partial charge on any atom is -0.343 e.